The van der Waals surface area contributed by atoms with Gasteiger partial charge in [0.05, 0.1) is 7.11 Å². The molecule has 1 aromatic carbocycles. The molecule has 1 saturated carbocycles. The van der Waals surface area contributed by atoms with Crippen LogP contribution in [0.1, 0.15) is 31.7 Å². The molecule has 0 bridgehead atoms. The van der Waals surface area contributed by atoms with Crippen LogP contribution in [-0.4, -0.2) is 20.2 Å². The molecular formula is C15H22FNO. The fourth-order valence-corrected chi connectivity index (χ4v) is 3.04. The minimum atomic E-state index is -0.262. The Bertz CT molecular complexity index is 421. The summed E-state index contributed by atoms with van der Waals surface area (Å²) in [7, 11) is 3.51. The summed E-state index contributed by atoms with van der Waals surface area (Å²) in [5, 5.41) is 3.34. The highest BCUT2D eigenvalue weighted by Crippen LogP contribution is 2.40. The highest BCUT2D eigenvalue weighted by Gasteiger charge is 2.34. The fourth-order valence-electron chi connectivity index (χ4n) is 3.04. The third-order valence-electron chi connectivity index (χ3n) is 4.09. The molecule has 2 unspecified atom stereocenters. The Balaban J connectivity index is 2.07. The monoisotopic (exact) mass is 251 g/mol. The van der Waals surface area contributed by atoms with Gasteiger partial charge in [-0.25, -0.2) is 4.39 Å². The summed E-state index contributed by atoms with van der Waals surface area (Å²) in [6, 6.07) is 5.91. The van der Waals surface area contributed by atoms with Gasteiger partial charge in [-0.2, -0.15) is 0 Å². The van der Waals surface area contributed by atoms with Crippen molar-refractivity contribution in [2.24, 2.45) is 5.41 Å². The molecule has 0 aliphatic heterocycles. The van der Waals surface area contributed by atoms with E-state index in [1.807, 2.05) is 13.1 Å². The van der Waals surface area contributed by atoms with Crippen molar-refractivity contribution in [3.63, 3.8) is 0 Å². The molecule has 0 heterocycles. The van der Waals surface area contributed by atoms with Gasteiger partial charge in [0.2, 0.25) is 0 Å². The van der Waals surface area contributed by atoms with Crippen molar-refractivity contribution in [1.82, 2.24) is 5.32 Å². The quantitative estimate of drug-likeness (QED) is 0.887. The van der Waals surface area contributed by atoms with Gasteiger partial charge in [-0.1, -0.05) is 13.0 Å². The van der Waals surface area contributed by atoms with Gasteiger partial charge in [-0.3, -0.25) is 0 Å². The number of ether oxygens (including phenoxy) is 1. The van der Waals surface area contributed by atoms with Crippen LogP contribution in [0, 0.1) is 11.2 Å². The lowest BCUT2D eigenvalue weighted by Gasteiger charge is -2.24. The molecule has 1 N–H and O–H groups in total. The summed E-state index contributed by atoms with van der Waals surface area (Å²) in [6.45, 7) is 2.30. The third kappa shape index (κ3) is 2.83. The maximum atomic E-state index is 13.7. The van der Waals surface area contributed by atoms with Crippen LogP contribution in [0.2, 0.25) is 0 Å². The Morgan fingerprint density at radius 3 is 2.83 bits per heavy atom. The van der Waals surface area contributed by atoms with E-state index in [0.717, 1.165) is 18.4 Å². The fraction of sp³-hybridized carbons (Fsp3) is 0.600. The van der Waals surface area contributed by atoms with Crippen LogP contribution >= 0.6 is 0 Å². The zero-order chi connectivity index (χ0) is 13.2. The van der Waals surface area contributed by atoms with E-state index >= 15 is 0 Å². The SMILES string of the molecule is CNC1CCC(C)(Cc2ccc(OC)c(F)c2)C1. The van der Waals surface area contributed by atoms with Crippen molar-refractivity contribution in [3.8, 4) is 5.75 Å². The van der Waals surface area contributed by atoms with Gasteiger partial charge in [-0.15, -0.1) is 0 Å². The molecule has 0 saturated heterocycles. The van der Waals surface area contributed by atoms with Crippen LogP contribution in [0.4, 0.5) is 4.39 Å². The lowest BCUT2D eigenvalue weighted by molar-refractivity contribution is 0.323. The largest absolute Gasteiger partial charge is 0.494 e. The first kappa shape index (κ1) is 13.3. The van der Waals surface area contributed by atoms with Crippen molar-refractivity contribution < 1.29 is 9.13 Å². The van der Waals surface area contributed by atoms with Gasteiger partial charge < -0.3 is 10.1 Å². The highest BCUT2D eigenvalue weighted by atomic mass is 19.1. The van der Waals surface area contributed by atoms with E-state index in [1.165, 1.54) is 20.0 Å². The smallest absolute Gasteiger partial charge is 0.165 e. The van der Waals surface area contributed by atoms with Crippen LogP contribution in [0.3, 0.4) is 0 Å². The first-order valence-electron chi connectivity index (χ1n) is 6.56. The molecule has 100 valence electrons. The number of benzene rings is 1. The molecule has 2 nitrogen and oxygen atoms in total. The Morgan fingerprint density at radius 2 is 2.28 bits per heavy atom. The summed E-state index contributed by atoms with van der Waals surface area (Å²) < 4.78 is 18.6. The second-order valence-corrected chi connectivity index (χ2v) is 5.68. The maximum Gasteiger partial charge on any atom is 0.165 e. The third-order valence-corrected chi connectivity index (χ3v) is 4.09. The average Bonchev–Trinajstić information content (AvgIpc) is 2.71. The lowest BCUT2D eigenvalue weighted by Crippen LogP contribution is -2.24. The zero-order valence-electron chi connectivity index (χ0n) is 11.4. The number of halogens is 1. The van der Waals surface area contributed by atoms with E-state index < -0.39 is 0 Å². The van der Waals surface area contributed by atoms with E-state index in [-0.39, 0.29) is 11.2 Å². The molecule has 3 heteroatoms. The molecule has 18 heavy (non-hydrogen) atoms. The average molecular weight is 251 g/mol. The van der Waals surface area contributed by atoms with Crippen molar-refractivity contribution in [2.75, 3.05) is 14.2 Å². The number of rotatable bonds is 4. The topological polar surface area (TPSA) is 21.3 Å². The van der Waals surface area contributed by atoms with E-state index in [1.54, 1.807) is 12.1 Å². The molecular weight excluding hydrogens is 229 g/mol. The first-order valence-corrected chi connectivity index (χ1v) is 6.56. The summed E-state index contributed by atoms with van der Waals surface area (Å²) in [5.41, 5.74) is 1.35. The van der Waals surface area contributed by atoms with Crippen LogP contribution in [-0.2, 0) is 6.42 Å². The summed E-state index contributed by atoms with van der Waals surface area (Å²) in [5.74, 6) is 0.0604. The van der Waals surface area contributed by atoms with Gasteiger partial charge in [0, 0.05) is 6.04 Å². The Labute approximate surface area is 109 Å². The Hall–Kier alpha value is -1.09. The summed E-state index contributed by atoms with van der Waals surface area (Å²) >= 11 is 0. The van der Waals surface area contributed by atoms with Gasteiger partial charge in [-0.05, 0) is 55.8 Å². The molecule has 2 atom stereocenters. The number of hydrogen-bond donors (Lipinski definition) is 1. The van der Waals surface area contributed by atoms with Gasteiger partial charge in [0.25, 0.3) is 0 Å². The second-order valence-electron chi connectivity index (χ2n) is 5.68. The minimum Gasteiger partial charge on any atom is -0.494 e. The molecule has 0 spiro atoms. The van der Waals surface area contributed by atoms with E-state index in [2.05, 4.69) is 12.2 Å². The second kappa shape index (κ2) is 5.27. The van der Waals surface area contributed by atoms with Crippen LogP contribution in [0.25, 0.3) is 0 Å². The molecule has 0 amide bonds. The summed E-state index contributed by atoms with van der Waals surface area (Å²) in [4.78, 5) is 0. The summed E-state index contributed by atoms with van der Waals surface area (Å²) in [6.07, 6.45) is 4.51. The minimum absolute atomic E-state index is 0.262. The van der Waals surface area contributed by atoms with Crippen molar-refractivity contribution in [1.29, 1.82) is 0 Å². The van der Waals surface area contributed by atoms with Gasteiger partial charge in [0.1, 0.15) is 0 Å². The molecule has 1 aliphatic rings. The van der Waals surface area contributed by atoms with Crippen LogP contribution in [0.5, 0.6) is 5.75 Å². The van der Waals surface area contributed by atoms with Crippen molar-refractivity contribution in [3.05, 3.63) is 29.6 Å². The van der Waals surface area contributed by atoms with E-state index in [0.29, 0.717) is 11.8 Å². The standard InChI is InChI=1S/C15H22FNO/c1-15(7-6-12(10-15)17-2)9-11-4-5-14(18-3)13(16)8-11/h4-5,8,12,17H,6-7,9-10H2,1-3H3. The Kier molecular flexibility index (Phi) is 3.91. The van der Waals surface area contributed by atoms with E-state index in [4.69, 9.17) is 4.74 Å². The first-order chi connectivity index (χ1) is 8.56. The van der Waals surface area contributed by atoms with Crippen molar-refractivity contribution in [2.45, 2.75) is 38.6 Å². The zero-order valence-corrected chi connectivity index (χ0v) is 11.4. The molecule has 0 radical (unpaired) electrons. The Morgan fingerprint density at radius 1 is 1.50 bits per heavy atom. The predicted octanol–water partition coefficient (Wildman–Crippen LogP) is 3.16. The molecule has 0 aromatic heterocycles. The number of nitrogens with one attached hydrogen (secondary N) is 1. The van der Waals surface area contributed by atoms with Gasteiger partial charge in [0.15, 0.2) is 11.6 Å². The highest BCUT2D eigenvalue weighted by molar-refractivity contribution is 5.30. The normalized spacial score (nSPS) is 27.4. The molecule has 1 aliphatic carbocycles. The van der Waals surface area contributed by atoms with Gasteiger partial charge >= 0.3 is 0 Å². The maximum absolute atomic E-state index is 13.7. The van der Waals surface area contributed by atoms with E-state index in [9.17, 15) is 4.39 Å². The van der Waals surface area contributed by atoms with Crippen LogP contribution < -0.4 is 10.1 Å². The molecule has 1 fully saturated rings. The molecule has 2 rings (SSSR count). The number of hydrogen-bond acceptors (Lipinski definition) is 2. The van der Waals surface area contributed by atoms with Crippen molar-refractivity contribution >= 4 is 0 Å². The number of methoxy groups -OCH3 is 1. The lowest BCUT2D eigenvalue weighted by atomic mass is 9.82. The predicted molar refractivity (Wildman–Crippen MR) is 71.5 cm³/mol. The van der Waals surface area contributed by atoms with Crippen LogP contribution in [0.15, 0.2) is 18.2 Å². The molecule has 1 aromatic rings.